The maximum atomic E-state index is 12.4. The number of hydrogen-bond acceptors (Lipinski definition) is 4. The van der Waals surface area contributed by atoms with Crippen molar-refractivity contribution < 1.29 is 8.42 Å². The maximum Gasteiger partial charge on any atom is 0.243 e. The molecule has 0 aliphatic carbocycles. The molecule has 1 atom stereocenters. The molecule has 18 heavy (non-hydrogen) atoms. The Labute approximate surface area is 107 Å². The standard InChI is InChI=1S/C12H15N3O2S/c13-8-10-3-5-12(6-4-10)18(16,17)15-7-1-2-11(15)9-14/h3-6,11H,1-2,7,9,14H2/t11-/m0/s1. The molecule has 0 saturated carbocycles. The second-order valence-corrected chi connectivity index (χ2v) is 6.17. The number of benzene rings is 1. The Balaban J connectivity index is 2.33. The van der Waals surface area contributed by atoms with Crippen molar-refractivity contribution >= 4 is 10.0 Å². The van der Waals surface area contributed by atoms with E-state index in [1.807, 2.05) is 6.07 Å². The van der Waals surface area contributed by atoms with Gasteiger partial charge in [-0.3, -0.25) is 0 Å². The van der Waals surface area contributed by atoms with Crippen LogP contribution in [0.15, 0.2) is 29.2 Å². The summed E-state index contributed by atoms with van der Waals surface area (Å²) in [5.41, 5.74) is 6.05. The number of nitrogens with two attached hydrogens (primary N) is 1. The lowest BCUT2D eigenvalue weighted by Crippen LogP contribution is -2.39. The van der Waals surface area contributed by atoms with E-state index in [1.165, 1.54) is 28.6 Å². The number of nitrogens with zero attached hydrogens (tertiary/aromatic N) is 2. The van der Waals surface area contributed by atoms with Crippen LogP contribution in [-0.2, 0) is 10.0 Å². The SMILES string of the molecule is N#Cc1ccc(S(=O)(=O)N2CCC[C@H]2CN)cc1. The molecule has 1 aromatic rings. The van der Waals surface area contributed by atoms with Gasteiger partial charge in [0, 0.05) is 19.1 Å². The van der Waals surface area contributed by atoms with Crippen LogP contribution in [0, 0.1) is 11.3 Å². The van der Waals surface area contributed by atoms with Gasteiger partial charge in [-0.1, -0.05) is 0 Å². The van der Waals surface area contributed by atoms with Crippen LogP contribution < -0.4 is 5.73 Å². The Morgan fingerprint density at radius 2 is 2.06 bits per heavy atom. The smallest absolute Gasteiger partial charge is 0.243 e. The Morgan fingerprint density at radius 1 is 1.39 bits per heavy atom. The molecule has 1 heterocycles. The summed E-state index contributed by atoms with van der Waals surface area (Å²) in [4.78, 5) is 0.224. The van der Waals surface area contributed by atoms with Crippen LogP contribution in [0.3, 0.4) is 0 Å². The summed E-state index contributed by atoms with van der Waals surface area (Å²) in [5, 5.41) is 8.70. The van der Waals surface area contributed by atoms with Gasteiger partial charge in [0.25, 0.3) is 0 Å². The van der Waals surface area contributed by atoms with Crippen molar-refractivity contribution in [1.29, 1.82) is 5.26 Å². The summed E-state index contributed by atoms with van der Waals surface area (Å²) in [6, 6.07) is 7.83. The highest BCUT2D eigenvalue weighted by Crippen LogP contribution is 2.25. The first-order chi connectivity index (χ1) is 8.59. The highest BCUT2D eigenvalue weighted by Gasteiger charge is 2.34. The second kappa shape index (κ2) is 5.06. The van der Waals surface area contributed by atoms with E-state index >= 15 is 0 Å². The van der Waals surface area contributed by atoms with Crippen molar-refractivity contribution in [3.8, 4) is 6.07 Å². The van der Waals surface area contributed by atoms with Crippen LogP contribution in [-0.4, -0.2) is 31.9 Å². The van der Waals surface area contributed by atoms with Gasteiger partial charge in [-0.2, -0.15) is 9.57 Å². The van der Waals surface area contributed by atoms with Gasteiger partial charge in [0.1, 0.15) is 0 Å². The van der Waals surface area contributed by atoms with E-state index < -0.39 is 10.0 Å². The number of rotatable bonds is 3. The molecule has 0 bridgehead atoms. The van der Waals surface area contributed by atoms with E-state index in [4.69, 9.17) is 11.0 Å². The van der Waals surface area contributed by atoms with Crippen molar-refractivity contribution in [3.63, 3.8) is 0 Å². The molecule has 6 heteroatoms. The summed E-state index contributed by atoms with van der Waals surface area (Å²) < 4.78 is 26.2. The van der Waals surface area contributed by atoms with Crippen molar-refractivity contribution in [2.45, 2.75) is 23.8 Å². The fourth-order valence-electron chi connectivity index (χ4n) is 2.20. The number of nitriles is 1. The molecule has 0 aromatic heterocycles. The molecule has 5 nitrogen and oxygen atoms in total. The van der Waals surface area contributed by atoms with E-state index in [9.17, 15) is 8.42 Å². The number of hydrogen-bond donors (Lipinski definition) is 1. The first kappa shape index (κ1) is 13.0. The molecule has 96 valence electrons. The van der Waals surface area contributed by atoms with E-state index in [0.29, 0.717) is 18.7 Å². The molecule has 1 aliphatic rings. The van der Waals surface area contributed by atoms with Crippen LogP contribution in [0.4, 0.5) is 0 Å². The summed E-state index contributed by atoms with van der Waals surface area (Å²) in [6.07, 6.45) is 1.66. The van der Waals surface area contributed by atoms with Gasteiger partial charge in [-0.15, -0.1) is 0 Å². The summed E-state index contributed by atoms with van der Waals surface area (Å²) in [6.45, 7) is 0.861. The molecule has 2 rings (SSSR count). The van der Waals surface area contributed by atoms with Gasteiger partial charge in [-0.25, -0.2) is 8.42 Å². The van der Waals surface area contributed by atoms with Gasteiger partial charge in [0.05, 0.1) is 16.5 Å². The van der Waals surface area contributed by atoms with Gasteiger partial charge in [0.15, 0.2) is 0 Å². The fourth-order valence-corrected chi connectivity index (χ4v) is 3.90. The minimum Gasteiger partial charge on any atom is -0.329 e. The van der Waals surface area contributed by atoms with Crippen molar-refractivity contribution in [3.05, 3.63) is 29.8 Å². The fraction of sp³-hybridized carbons (Fsp3) is 0.417. The molecule has 1 saturated heterocycles. The maximum absolute atomic E-state index is 12.4. The third-order valence-electron chi connectivity index (χ3n) is 3.19. The lowest BCUT2D eigenvalue weighted by molar-refractivity contribution is 0.393. The minimum atomic E-state index is -3.48. The minimum absolute atomic E-state index is 0.106. The largest absolute Gasteiger partial charge is 0.329 e. The molecule has 2 N–H and O–H groups in total. The first-order valence-corrected chi connectivity index (χ1v) is 7.25. The van der Waals surface area contributed by atoms with Crippen LogP contribution in [0.25, 0.3) is 0 Å². The summed E-state index contributed by atoms with van der Waals surface area (Å²) in [7, 11) is -3.48. The predicted octanol–water partition coefficient (Wildman–Crippen LogP) is 0.670. The molecule has 0 unspecified atom stereocenters. The Bertz CT molecular complexity index is 560. The average molecular weight is 265 g/mol. The molecule has 1 fully saturated rings. The molecule has 0 radical (unpaired) electrons. The van der Waals surface area contributed by atoms with Gasteiger partial charge < -0.3 is 5.73 Å². The van der Waals surface area contributed by atoms with Gasteiger partial charge in [0.2, 0.25) is 10.0 Å². The molecule has 0 spiro atoms. The lowest BCUT2D eigenvalue weighted by Gasteiger charge is -2.22. The normalized spacial score (nSPS) is 20.8. The molecular formula is C12H15N3O2S. The average Bonchev–Trinajstić information content (AvgIpc) is 2.88. The molecular weight excluding hydrogens is 250 g/mol. The van der Waals surface area contributed by atoms with Crippen LogP contribution >= 0.6 is 0 Å². The van der Waals surface area contributed by atoms with Crippen molar-refractivity contribution in [2.24, 2.45) is 5.73 Å². The van der Waals surface area contributed by atoms with Crippen LogP contribution in [0.5, 0.6) is 0 Å². The lowest BCUT2D eigenvalue weighted by atomic mass is 10.2. The van der Waals surface area contributed by atoms with Crippen molar-refractivity contribution in [1.82, 2.24) is 4.31 Å². The van der Waals surface area contributed by atoms with Crippen LogP contribution in [0.1, 0.15) is 18.4 Å². The first-order valence-electron chi connectivity index (χ1n) is 5.81. The van der Waals surface area contributed by atoms with Gasteiger partial charge >= 0.3 is 0 Å². The van der Waals surface area contributed by atoms with E-state index in [1.54, 1.807) is 0 Å². The van der Waals surface area contributed by atoms with Gasteiger partial charge in [-0.05, 0) is 37.1 Å². The van der Waals surface area contributed by atoms with Crippen molar-refractivity contribution in [2.75, 3.05) is 13.1 Å². The third-order valence-corrected chi connectivity index (χ3v) is 5.15. The topological polar surface area (TPSA) is 87.2 Å². The monoisotopic (exact) mass is 265 g/mol. The number of sulfonamides is 1. The summed E-state index contributed by atoms with van der Waals surface area (Å²) in [5.74, 6) is 0. The zero-order valence-corrected chi connectivity index (χ0v) is 10.7. The Hall–Kier alpha value is -1.42. The molecule has 0 amide bonds. The Morgan fingerprint density at radius 3 is 2.61 bits per heavy atom. The van der Waals surface area contributed by atoms with Crippen LogP contribution in [0.2, 0.25) is 0 Å². The second-order valence-electron chi connectivity index (χ2n) is 4.28. The highest BCUT2D eigenvalue weighted by atomic mass is 32.2. The predicted molar refractivity (Wildman–Crippen MR) is 67.1 cm³/mol. The Kier molecular flexibility index (Phi) is 3.66. The summed E-state index contributed by atoms with van der Waals surface area (Å²) >= 11 is 0. The van der Waals surface area contributed by atoms with E-state index in [0.717, 1.165) is 12.8 Å². The van der Waals surface area contributed by atoms with E-state index in [2.05, 4.69) is 0 Å². The zero-order valence-electron chi connectivity index (χ0n) is 9.91. The molecule has 1 aliphatic heterocycles. The zero-order chi connectivity index (χ0) is 13.2. The highest BCUT2D eigenvalue weighted by molar-refractivity contribution is 7.89. The quantitative estimate of drug-likeness (QED) is 0.870. The third kappa shape index (κ3) is 2.25. The molecule has 1 aromatic carbocycles. The van der Waals surface area contributed by atoms with E-state index in [-0.39, 0.29) is 10.9 Å².